The minimum Gasteiger partial charge on any atom is -0.493 e. The van der Waals surface area contributed by atoms with Gasteiger partial charge < -0.3 is 19.5 Å². The standard InChI is InChI=1S/C19H24F2N2O6/c1-11-5-3-4-6-13(11)22-19(26)23-16(24)10-28-17(25)12-7-8-14(29-18(20)21)15(9-12)27-2/h7-9,11,13,18H,3-6,10H2,1-2H3,(H2,22,23,24,26)/t11-,13+/m1/s1. The number of nitrogens with one attached hydrogen (secondary N) is 2. The van der Waals surface area contributed by atoms with Crippen LogP contribution >= 0.6 is 0 Å². The molecule has 10 heteroatoms. The van der Waals surface area contributed by atoms with Crippen molar-refractivity contribution in [1.82, 2.24) is 10.6 Å². The lowest BCUT2D eigenvalue weighted by atomic mass is 9.86. The minimum absolute atomic E-state index is 0.000498. The Morgan fingerprint density at radius 1 is 1.17 bits per heavy atom. The highest BCUT2D eigenvalue weighted by atomic mass is 19.3. The van der Waals surface area contributed by atoms with Crippen LogP contribution in [0.15, 0.2) is 18.2 Å². The maximum atomic E-state index is 12.3. The first kappa shape index (κ1) is 22.4. The monoisotopic (exact) mass is 414 g/mol. The van der Waals surface area contributed by atoms with E-state index in [1.165, 1.54) is 13.2 Å². The molecule has 0 radical (unpaired) electrons. The normalized spacial score (nSPS) is 18.7. The first-order valence-electron chi connectivity index (χ1n) is 9.20. The Bertz CT molecular complexity index is 743. The van der Waals surface area contributed by atoms with Crippen LogP contribution in [0.4, 0.5) is 13.6 Å². The van der Waals surface area contributed by atoms with E-state index in [-0.39, 0.29) is 23.1 Å². The summed E-state index contributed by atoms with van der Waals surface area (Å²) in [7, 11) is 1.22. The van der Waals surface area contributed by atoms with Crippen LogP contribution < -0.4 is 20.1 Å². The van der Waals surface area contributed by atoms with Crippen molar-refractivity contribution in [3.8, 4) is 11.5 Å². The fraction of sp³-hybridized carbons (Fsp3) is 0.526. The molecule has 0 bridgehead atoms. The van der Waals surface area contributed by atoms with Crippen molar-refractivity contribution in [2.24, 2.45) is 5.92 Å². The van der Waals surface area contributed by atoms with E-state index < -0.39 is 31.1 Å². The van der Waals surface area contributed by atoms with Crippen LogP contribution in [0, 0.1) is 5.92 Å². The number of benzene rings is 1. The molecule has 0 spiro atoms. The van der Waals surface area contributed by atoms with Crippen LogP contribution in [0.1, 0.15) is 43.0 Å². The molecule has 0 unspecified atom stereocenters. The van der Waals surface area contributed by atoms with Crippen molar-refractivity contribution in [3.05, 3.63) is 23.8 Å². The summed E-state index contributed by atoms with van der Waals surface area (Å²) in [6, 6.07) is 2.83. The predicted octanol–water partition coefficient (Wildman–Crippen LogP) is 2.86. The van der Waals surface area contributed by atoms with E-state index in [4.69, 9.17) is 9.47 Å². The van der Waals surface area contributed by atoms with Crippen LogP contribution in [-0.4, -0.2) is 44.3 Å². The molecule has 160 valence electrons. The highest BCUT2D eigenvalue weighted by molar-refractivity contribution is 5.97. The molecular formula is C19H24F2N2O6. The van der Waals surface area contributed by atoms with Crippen LogP contribution in [0.2, 0.25) is 0 Å². The van der Waals surface area contributed by atoms with Crippen molar-refractivity contribution < 1.29 is 37.4 Å². The van der Waals surface area contributed by atoms with E-state index in [0.717, 1.165) is 37.8 Å². The van der Waals surface area contributed by atoms with Gasteiger partial charge in [-0.2, -0.15) is 8.78 Å². The third-order valence-electron chi connectivity index (χ3n) is 4.63. The van der Waals surface area contributed by atoms with Gasteiger partial charge in [-0.05, 0) is 37.0 Å². The minimum atomic E-state index is -3.05. The van der Waals surface area contributed by atoms with Gasteiger partial charge in [0.15, 0.2) is 18.1 Å². The molecule has 1 aliphatic rings. The second-order valence-electron chi connectivity index (χ2n) is 6.71. The average Bonchev–Trinajstić information content (AvgIpc) is 2.67. The summed E-state index contributed by atoms with van der Waals surface area (Å²) >= 11 is 0. The van der Waals surface area contributed by atoms with Crippen LogP contribution in [-0.2, 0) is 9.53 Å². The molecule has 1 aromatic carbocycles. The maximum absolute atomic E-state index is 12.3. The van der Waals surface area contributed by atoms with Crippen LogP contribution in [0.25, 0.3) is 0 Å². The average molecular weight is 414 g/mol. The van der Waals surface area contributed by atoms with E-state index in [2.05, 4.69) is 15.4 Å². The van der Waals surface area contributed by atoms with Gasteiger partial charge in [0.2, 0.25) is 0 Å². The number of methoxy groups -OCH3 is 1. The zero-order chi connectivity index (χ0) is 21.4. The quantitative estimate of drug-likeness (QED) is 0.665. The maximum Gasteiger partial charge on any atom is 0.387 e. The van der Waals surface area contributed by atoms with E-state index in [0.29, 0.717) is 5.92 Å². The number of hydrogen-bond donors (Lipinski definition) is 2. The molecule has 29 heavy (non-hydrogen) atoms. The number of carbonyl (C=O) groups is 3. The van der Waals surface area contributed by atoms with E-state index in [1.54, 1.807) is 0 Å². The first-order chi connectivity index (χ1) is 13.8. The van der Waals surface area contributed by atoms with Gasteiger partial charge >= 0.3 is 18.6 Å². The lowest BCUT2D eigenvalue weighted by Crippen LogP contribution is -2.48. The molecule has 2 rings (SSSR count). The van der Waals surface area contributed by atoms with Gasteiger partial charge in [-0.25, -0.2) is 9.59 Å². The summed E-state index contributed by atoms with van der Waals surface area (Å²) in [5, 5.41) is 4.87. The molecule has 0 aromatic heterocycles. The van der Waals surface area contributed by atoms with E-state index in [9.17, 15) is 23.2 Å². The number of urea groups is 1. The number of esters is 1. The molecule has 1 aliphatic carbocycles. The Morgan fingerprint density at radius 2 is 1.90 bits per heavy atom. The van der Waals surface area contributed by atoms with Gasteiger partial charge in [-0.3, -0.25) is 10.1 Å². The molecule has 1 saturated carbocycles. The summed E-state index contributed by atoms with van der Waals surface area (Å²) in [6.07, 6.45) is 4.01. The number of alkyl halides is 2. The van der Waals surface area contributed by atoms with E-state index in [1.807, 2.05) is 6.92 Å². The predicted molar refractivity (Wildman–Crippen MR) is 98.0 cm³/mol. The summed E-state index contributed by atoms with van der Waals surface area (Å²) in [5.74, 6) is -1.68. The fourth-order valence-corrected chi connectivity index (χ4v) is 3.10. The van der Waals surface area contributed by atoms with Crippen LogP contribution in [0.5, 0.6) is 11.5 Å². The lowest BCUT2D eigenvalue weighted by molar-refractivity contribution is -0.123. The molecule has 0 aliphatic heterocycles. The molecule has 2 N–H and O–H groups in total. The molecule has 0 saturated heterocycles. The van der Waals surface area contributed by atoms with Gasteiger partial charge in [0, 0.05) is 6.04 Å². The Labute approximate surface area is 166 Å². The molecule has 8 nitrogen and oxygen atoms in total. The molecule has 3 amide bonds. The van der Waals surface area contributed by atoms with Gasteiger partial charge in [-0.15, -0.1) is 0 Å². The van der Waals surface area contributed by atoms with Crippen molar-refractivity contribution in [3.63, 3.8) is 0 Å². The second kappa shape index (κ2) is 10.6. The Kier molecular flexibility index (Phi) is 8.17. The zero-order valence-corrected chi connectivity index (χ0v) is 16.2. The number of imide groups is 1. The highest BCUT2D eigenvalue weighted by Gasteiger charge is 2.23. The summed E-state index contributed by atoms with van der Waals surface area (Å²) in [4.78, 5) is 35.8. The molecule has 2 atom stereocenters. The number of amides is 3. The van der Waals surface area contributed by atoms with Gasteiger partial charge in [0.1, 0.15) is 0 Å². The number of rotatable bonds is 7. The lowest BCUT2D eigenvalue weighted by Gasteiger charge is -2.29. The van der Waals surface area contributed by atoms with Crippen LogP contribution in [0.3, 0.4) is 0 Å². The number of ether oxygens (including phenoxy) is 3. The topological polar surface area (TPSA) is 103 Å². The Hall–Kier alpha value is -2.91. The number of carbonyl (C=O) groups excluding carboxylic acids is 3. The number of halogens is 2. The van der Waals surface area contributed by atoms with Gasteiger partial charge in [0.25, 0.3) is 5.91 Å². The third-order valence-corrected chi connectivity index (χ3v) is 4.63. The van der Waals surface area contributed by atoms with Crippen molar-refractivity contribution in [2.75, 3.05) is 13.7 Å². The molecule has 1 fully saturated rings. The highest BCUT2D eigenvalue weighted by Crippen LogP contribution is 2.29. The van der Waals surface area contributed by atoms with Crippen molar-refractivity contribution in [2.45, 2.75) is 45.3 Å². The first-order valence-corrected chi connectivity index (χ1v) is 9.20. The Balaban J connectivity index is 1.83. The zero-order valence-electron chi connectivity index (χ0n) is 16.2. The molecule has 1 aromatic rings. The third kappa shape index (κ3) is 6.88. The van der Waals surface area contributed by atoms with Crippen molar-refractivity contribution in [1.29, 1.82) is 0 Å². The van der Waals surface area contributed by atoms with Gasteiger partial charge in [-0.1, -0.05) is 19.8 Å². The SMILES string of the molecule is COc1cc(C(=O)OCC(=O)NC(=O)N[C@H]2CCCC[C@H]2C)ccc1OC(F)F. The second-order valence-corrected chi connectivity index (χ2v) is 6.71. The Morgan fingerprint density at radius 3 is 2.55 bits per heavy atom. The fourth-order valence-electron chi connectivity index (χ4n) is 3.10. The van der Waals surface area contributed by atoms with Crippen molar-refractivity contribution >= 4 is 17.9 Å². The summed E-state index contributed by atoms with van der Waals surface area (Å²) in [6.45, 7) is -1.68. The number of hydrogen-bond acceptors (Lipinski definition) is 6. The summed E-state index contributed by atoms with van der Waals surface area (Å²) in [5.41, 5.74) is -0.0308. The van der Waals surface area contributed by atoms with E-state index >= 15 is 0 Å². The molecule has 0 heterocycles. The summed E-state index contributed by atoms with van der Waals surface area (Å²) < 4.78 is 38.7. The van der Waals surface area contributed by atoms with Gasteiger partial charge in [0.05, 0.1) is 12.7 Å². The largest absolute Gasteiger partial charge is 0.493 e. The smallest absolute Gasteiger partial charge is 0.387 e. The molecular weight excluding hydrogens is 390 g/mol.